The van der Waals surface area contributed by atoms with Crippen LogP contribution in [0.25, 0.3) is 0 Å². The summed E-state index contributed by atoms with van der Waals surface area (Å²) < 4.78 is 0. The molecule has 2 unspecified atom stereocenters. The zero-order valence-corrected chi connectivity index (χ0v) is 23.4. The van der Waals surface area contributed by atoms with E-state index in [2.05, 4.69) is 10.6 Å². The van der Waals surface area contributed by atoms with Gasteiger partial charge >= 0.3 is 12.1 Å². The summed E-state index contributed by atoms with van der Waals surface area (Å²) in [5, 5.41) is 5.83. The predicted octanol–water partition coefficient (Wildman–Crippen LogP) is 3.91. The van der Waals surface area contributed by atoms with Crippen LogP contribution in [0.4, 0.5) is 21.0 Å². The number of hydrogen-bond acceptors (Lipinski definition) is 4. The first-order valence-corrected chi connectivity index (χ1v) is 14.1. The Morgan fingerprint density at radius 2 is 1.13 bits per heavy atom. The molecular weight excluding hydrogens is 484 g/mol. The lowest BCUT2D eigenvalue weighted by Crippen LogP contribution is -2.48. The van der Waals surface area contributed by atoms with Crippen LogP contribution in [0.15, 0.2) is 24.3 Å². The van der Waals surface area contributed by atoms with Crippen molar-refractivity contribution in [2.24, 2.45) is 11.8 Å². The molecule has 0 spiro atoms. The molecule has 10 nitrogen and oxygen atoms in total. The summed E-state index contributed by atoms with van der Waals surface area (Å²) in [4.78, 5) is 58.6. The highest BCUT2D eigenvalue weighted by molar-refractivity contribution is 5.93. The van der Waals surface area contributed by atoms with E-state index in [-0.39, 0.29) is 35.7 Å². The number of benzene rings is 1. The number of anilines is 2. The molecule has 0 radical (unpaired) electrons. The van der Waals surface area contributed by atoms with Gasteiger partial charge in [-0.15, -0.1) is 0 Å². The van der Waals surface area contributed by atoms with Crippen molar-refractivity contribution >= 4 is 35.3 Å². The average Bonchev–Trinajstić information content (AvgIpc) is 2.94. The SMILES string of the molecule is CCN(CC)C(=O)C1CCCN(C(=O)Nc2cccc(NC(=O)N3CCCC(C(=O)N(CC)CC)C3)c2)C1. The zero-order chi connectivity index (χ0) is 27.7. The largest absolute Gasteiger partial charge is 0.343 e. The van der Waals surface area contributed by atoms with Gasteiger partial charge < -0.3 is 30.2 Å². The molecule has 2 heterocycles. The Bertz CT molecular complexity index is 905. The van der Waals surface area contributed by atoms with Gasteiger partial charge in [-0.3, -0.25) is 9.59 Å². The maximum Gasteiger partial charge on any atom is 0.321 e. The lowest BCUT2D eigenvalue weighted by Gasteiger charge is -2.34. The number of nitrogens with zero attached hydrogens (tertiary/aromatic N) is 4. The van der Waals surface area contributed by atoms with E-state index in [1.54, 1.807) is 34.1 Å². The minimum atomic E-state index is -0.251. The number of carbonyl (C=O) groups excluding carboxylic acids is 4. The first-order valence-electron chi connectivity index (χ1n) is 14.1. The Hall–Kier alpha value is -3.30. The molecule has 210 valence electrons. The van der Waals surface area contributed by atoms with Gasteiger partial charge in [0.1, 0.15) is 0 Å². The first-order chi connectivity index (χ1) is 18.3. The summed E-state index contributed by atoms with van der Waals surface area (Å²) in [7, 11) is 0. The van der Waals surface area contributed by atoms with Gasteiger partial charge in [0, 0.05) is 63.7 Å². The minimum Gasteiger partial charge on any atom is -0.343 e. The molecule has 0 aliphatic carbocycles. The molecule has 0 aromatic heterocycles. The lowest BCUT2D eigenvalue weighted by molar-refractivity contribution is -0.137. The highest BCUT2D eigenvalue weighted by Crippen LogP contribution is 2.23. The van der Waals surface area contributed by atoms with E-state index < -0.39 is 0 Å². The van der Waals surface area contributed by atoms with E-state index in [1.807, 2.05) is 37.5 Å². The molecule has 2 saturated heterocycles. The third-order valence-electron chi connectivity index (χ3n) is 7.63. The van der Waals surface area contributed by atoms with Crippen molar-refractivity contribution in [3.8, 4) is 0 Å². The van der Waals surface area contributed by atoms with Crippen LogP contribution in [0.5, 0.6) is 0 Å². The number of carbonyl (C=O) groups is 4. The molecule has 0 saturated carbocycles. The van der Waals surface area contributed by atoms with Gasteiger partial charge in [-0.05, 0) is 71.6 Å². The van der Waals surface area contributed by atoms with Crippen LogP contribution in [0.3, 0.4) is 0 Å². The molecule has 38 heavy (non-hydrogen) atoms. The van der Waals surface area contributed by atoms with Gasteiger partial charge in [-0.2, -0.15) is 0 Å². The Kier molecular flexibility index (Phi) is 10.8. The van der Waals surface area contributed by atoms with Gasteiger partial charge in [0.25, 0.3) is 0 Å². The van der Waals surface area contributed by atoms with Gasteiger partial charge in [-0.25, -0.2) is 9.59 Å². The van der Waals surface area contributed by atoms with E-state index in [0.717, 1.165) is 25.7 Å². The van der Waals surface area contributed by atoms with Gasteiger partial charge in [0.2, 0.25) is 11.8 Å². The van der Waals surface area contributed by atoms with E-state index in [1.165, 1.54) is 0 Å². The molecular formula is C28H44N6O4. The number of likely N-dealkylation sites (tertiary alicyclic amines) is 2. The van der Waals surface area contributed by atoms with Crippen molar-refractivity contribution in [1.29, 1.82) is 0 Å². The standard InChI is InChI=1S/C28H44N6O4/c1-5-31(6-2)25(35)21-12-10-16-33(19-21)27(37)29-23-14-9-15-24(18-23)30-28(38)34-17-11-13-22(20-34)26(36)32(7-3)8-4/h9,14-15,18,21-22H,5-8,10-13,16-17,19-20H2,1-4H3,(H,29,37)(H,30,38). The number of piperidine rings is 2. The molecule has 3 rings (SSSR count). The molecule has 10 heteroatoms. The third-order valence-corrected chi connectivity index (χ3v) is 7.63. The molecule has 2 N–H and O–H groups in total. The Morgan fingerprint density at radius 1 is 0.737 bits per heavy atom. The van der Waals surface area contributed by atoms with E-state index >= 15 is 0 Å². The van der Waals surface area contributed by atoms with Gasteiger partial charge in [0.05, 0.1) is 11.8 Å². The number of hydrogen-bond donors (Lipinski definition) is 2. The fraction of sp³-hybridized carbons (Fsp3) is 0.643. The maximum atomic E-state index is 13.0. The summed E-state index contributed by atoms with van der Waals surface area (Å²) in [5.74, 6) is -0.143. The molecule has 6 amide bonds. The Labute approximate surface area is 226 Å². The number of urea groups is 2. The molecule has 1 aromatic carbocycles. The van der Waals surface area contributed by atoms with Gasteiger partial charge in [0.15, 0.2) is 0 Å². The quantitative estimate of drug-likeness (QED) is 0.534. The molecule has 2 aliphatic rings. The number of nitrogens with one attached hydrogen (secondary N) is 2. The van der Waals surface area contributed by atoms with Crippen molar-refractivity contribution in [2.45, 2.75) is 53.4 Å². The van der Waals surface area contributed by atoms with E-state index in [4.69, 9.17) is 0 Å². The molecule has 2 fully saturated rings. The maximum absolute atomic E-state index is 13.0. The second-order valence-corrected chi connectivity index (χ2v) is 10.0. The van der Waals surface area contributed by atoms with Crippen molar-refractivity contribution in [1.82, 2.24) is 19.6 Å². The van der Waals surface area contributed by atoms with E-state index in [0.29, 0.717) is 63.7 Å². The van der Waals surface area contributed by atoms with Crippen LogP contribution in [0, 0.1) is 11.8 Å². The fourth-order valence-corrected chi connectivity index (χ4v) is 5.39. The molecule has 0 bridgehead atoms. The van der Waals surface area contributed by atoms with Crippen LogP contribution in [0.1, 0.15) is 53.4 Å². The summed E-state index contributed by atoms with van der Waals surface area (Å²) in [6.07, 6.45) is 3.15. The Balaban J connectivity index is 1.57. The van der Waals surface area contributed by atoms with Crippen molar-refractivity contribution < 1.29 is 19.2 Å². The second kappa shape index (κ2) is 14.0. The van der Waals surface area contributed by atoms with Crippen LogP contribution >= 0.6 is 0 Å². The predicted molar refractivity (Wildman–Crippen MR) is 149 cm³/mol. The van der Waals surface area contributed by atoms with Crippen LogP contribution < -0.4 is 10.6 Å². The van der Waals surface area contributed by atoms with Gasteiger partial charge in [-0.1, -0.05) is 6.07 Å². The molecule has 2 atom stereocenters. The third kappa shape index (κ3) is 7.39. The first kappa shape index (κ1) is 29.3. The zero-order valence-electron chi connectivity index (χ0n) is 23.4. The highest BCUT2D eigenvalue weighted by Gasteiger charge is 2.32. The van der Waals surface area contributed by atoms with Crippen LogP contribution in [-0.2, 0) is 9.59 Å². The molecule has 1 aromatic rings. The van der Waals surface area contributed by atoms with Crippen LogP contribution in [0.2, 0.25) is 0 Å². The average molecular weight is 529 g/mol. The second-order valence-electron chi connectivity index (χ2n) is 10.0. The summed E-state index contributed by atoms with van der Waals surface area (Å²) in [5.41, 5.74) is 1.14. The normalized spacial score (nSPS) is 19.5. The number of rotatable bonds is 8. The topological polar surface area (TPSA) is 105 Å². The summed E-state index contributed by atoms with van der Waals surface area (Å²) in [6.45, 7) is 12.6. The fourth-order valence-electron chi connectivity index (χ4n) is 5.39. The van der Waals surface area contributed by atoms with E-state index in [9.17, 15) is 19.2 Å². The number of amides is 6. The van der Waals surface area contributed by atoms with Crippen LogP contribution in [-0.4, -0.2) is 95.8 Å². The summed E-state index contributed by atoms with van der Waals surface area (Å²) >= 11 is 0. The van der Waals surface area contributed by atoms with Crippen molar-refractivity contribution in [3.63, 3.8) is 0 Å². The minimum absolute atomic E-state index is 0.107. The molecule has 2 aliphatic heterocycles. The Morgan fingerprint density at radius 3 is 1.50 bits per heavy atom. The van der Waals surface area contributed by atoms with Crippen molar-refractivity contribution in [2.75, 3.05) is 63.0 Å². The van der Waals surface area contributed by atoms with Crippen molar-refractivity contribution in [3.05, 3.63) is 24.3 Å². The smallest absolute Gasteiger partial charge is 0.321 e. The summed E-state index contributed by atoms with van der Waals surface area (Å²) in [6, 6.07) is 6.54. The monoisotopic (exact) mass is 528 g/mol. The highest BCUT2D eigenvalue weighted by atomic mass is 16.2. The lowest BCUT2D eigenvalue weighted by atomic mass is 9.96.